The molecule has 0 radical (unpaired) electrons. The van der Waals surface area contributed by atoms with Gasteiger partial charge in [-0.15, -0.1) is 0 Å². The lowest BCUT2D eigenvalue weighted by Crippen LogP contribution is -2.21. The van der Waals surface area contributed by atoms with Crippen LogP contribution < -0.4 is 28.4 Å². The molecule has 3 aliphatic rings. The van der Waals surface area contributed by atoms with Crippen LogP contribution in [0.25, 0.3) is 10.9 Å². The average Bonchev–Trinajstić information content (AvgIpc) is 2.83. The fourth-order valence-corrected chi connectivity index (χ4v) is 3.41. The quantitative estimate of drug-likeness (QED) is 0.395. The molecule has 0 saturated heterocycles. The Morgan fingerprint density at radius 2 is 0.912 bits per heavy atom. The average molecular weight is 471 g/mol. The molecule has 0 N–H and O–H groups in total. The highest BCUT2D eigenvalue weighted by Crippen LogP contribution is 2.53. The van der Waals surface area contributed by atoms with Crippen molar-refractivity contribution in [1.29, 1.82) is 0 Å². The molecule has 0 amide bonds. The van der Waals surface area contributed by atoms with Gasteiger partial charge in [-0.05, 0) is 0 Å². The molecule has 0 atom stereocenters. The van der Waals surface area contributed by atoms with E-state index in [0.29, 0.717) is 0 Å². The second-order valence-electron chi connectivity index (χ2n) is 7.35. The van der Waals surface area contributed by atoms with Crippen LogP contribution in [0, 0.1) is 0 Å². The molecule has 3 aliphatic heterocycles. The van der Waals surface area contributed by atoms with Gasteiger partial charge in [0.15, 0.2) is 17.2 Å². The van der Waals surface area contributed by atoms with Gasteiger partial charge < -0.3 is 28.4 Å². The highest BCUT2D eigenvalue weighted by molar-refractivity contribution is 6.03. The molecule has 13 nitrogen and oxygen atoms in total. The SMILES string of the molecule is O=C1CCC(=O)Oc2c(cc3nc4c(c5c3c2OC(=O)CCC(=O)O5)OC(=O)CCC(=O)O4)O1. The van der Waals surface area contributed by atoms with Crippen molar-refractivity contribution in [3.63, 3.8) is 0 Å². The Morgan fingerprint density at radius 3 is 1.47 bits per heavy atom. The van der Waals surface area contributed by atoms with Crippen LogP contribution in [0.15, 0.2) is 6.07 Å². The maximum absolute atomic E-state index is 12.4. The van der Waals surface area contributed by atoms with E-state index in [1.165, 1.54) is 0 Å². The highest BCUT2D eigenvalue weighted by atomic mass is 16.6. The lowest BCUT2D eigenvalue weighted by atomic mass is 10.1. The first-order valence-electron chi connectivity index (χ1n) is 10.1. The summed E-state index contributed by atoms with van der Waals surface area (Å²) in [5.41, 5.74) is -0.140. The lowest BCUT2D eigenvalue weighted by molar-refractivity contribution is -0.143. The van der Waals surface area contributed by atoms with Crippen LogP contribution in [-0.4, -0.2) is 40.8 Å². The smallest absolute Gasteiger partial charge is 0.313 e. The zero-order valence-electron chi connectivity index (χ0n) is 17.2. The molecule has 2 aromatic rings. The van der Waals surface area contributed by atoms with Crippen LogP contribution in [-0.2, 0) is 28.8 Å². The second-order valence-corrected chi connectivity index (χ2v) is 7.35. The number of hydrogen-bond acceptors (Lipinski definition) is 13. The second kappa shape index (κ2) is 8.10. The van der Waals surface area contributed by atoms with E-state index in [0.717, 1.165) is 6.07 Å². The highest BCUT2D eigenvalue weighted by Gasteiger charge is 2.35. The fourth-order valence-electron chi connectivity index (χ4n) is 3.41. The molecule has 5 rings (SSSR count). The minimum atomic E-state index is -0.890. The number of nitrogens with zero attached hydrogens (tertiary/aromatic N) is 1. The Kier molecular flexibility index (Phi) is 5.07. The van der Waals surface area contributed by atoms with Gasteiger partial charge in [0.1, 0.15) is 0 Å². The fraction of sp³-hybridized carbons (Fsp3) is 0.286. The first-order chi connectivity index (χ1) is 16.3. The van der Waals surface area contributed by atoms with Gasteiger partial charge in [-0.3, -0.25) is 28.8 Å². The van der Waals surface area contributed by atoms with E-state index in [-0.39, 0.29) is 42.3 Å². The van der Waals surface area contributed by atoms with Gasteiger partial charge in [0, 0.05) is 6.07 Å². The Balaban J connectivity index is 1.87. The number of fused-ring (bicyclic) bond motifs is 4. The van der Waals surface area contributed by atoms with Crippen LogP contribution in [0.1, 0.15) is 38.5 Å². The van der Waals surface area contributed by atoms with E-state index in [2.05, 4.69) is 4.98 Å². The first-order valence-corrected chi connectivity index (χ1v) is 10.1. The van der Waals surface area contributed by atoms with Crippen LogP contribution in [0.3, 0.4) is 0 Å². The zero-order valence-corrected chi connectivity index (χ0v) is 17.2. The number of ether oxygens (including phenoxy) is 6. The number of carbonyl (C=O) groups excluding carboxylic acids is 6. The molecular weight excluding hydrogens is 458 g/mol. The van der Waals surface area contributed by atoms with Crippen LogP contribution in [0.4, 0.5) is 0 Å². The molecule has 0 saturated carbocycles. The van der Waals surface area contributed by atoms with Gasteiger partial charge in [0.2, 0.25) is 11.5 Å². The monoisotopic (exact) mass is 471 g/mol. The summed E-state index contributed by atoms with van der Waals surface area (Å²) in [5, 5.41) is -0.213. The van der Waals surface area contributed by atoms with E-state index >= 15 is 0 Å². The number of aromatic nitrogens is 1. The zero-order chi connectivity index (χ0) is 24.0. The van der Waals surface area contributed by atoms with Gasteiger partial charge in [0.25, 0.3) is 5.88 Å². The Bertz CT molecular complexity index is 1230. The van der Waals surface area contributed by atoms with Crippen molar-refractivity contribution in [3.05, 3.63) is 6.07 Å². The minimum absolute atomic E-state index is 0.140. The third-order valence-corrected chi connectivity index (χ3v) is 4.93. The summed E-state index contributed by atoms with van der Waals surface area (Å²) in [7, 11) is 0. The van der Waals surface area contributed by atoms with E-state index in [9.17, 15) is 28.8 Å². The lowest BCUT2D eigenvalue weighted by Gasteiger charge is -2.21. The topological polar surface area (TPSA) is 171 Å². The summed E-state index contributed by atoms with van der Waals surface area (Å²) in [4.78, 5) is 77.5. The van der Waals surface area contributed by atoms with Gasteiger partial charge in [-0.25, -0.2) is 4.98 Å². The molecule has 0 aliphatic carbocycles. The van der Waals surface area contributed by atoms with Crippen molar-refractivity contribution < 1.29 is 57.2 Å². The molecule has 34 heavy (non-hydrogen) atoms. The number of hydrogen-bond donors (Lipinski definition) is 0. The van der Waals surface area contributed by atoms with Gasteiger partial charge in [0.05, 0.1) is 49.4 Å². The molecule has 1 aromatic carbocycles. The molecule has 1 aromatic heterocycles. The Morgan fingerprint density at radius 1 is 0.500 bits per heavy atom. The third-order valence-electron chi connectivity index (χ3n) is 4.93. The molecule has 0 bridgehead atoms. The van der Waals surface area contributed by atoms with Crippen LogP contribution in [0.2, 0.25) is 0 Å². The maximum atomic E-state index is 12.4. The van der Waals surface area contributed by atoms with Crippen molar-refractivity contribution in [1.82, 2.24) is 4.98 Å². The van der Waals surface area contributed by atoms with Gasteiger partial charge in [-0.2, -0.15) is 0 Å². The summed E-state index contributed by atoms with van der Waals surface area (Å²) in [6, 6.07) is 1.14. The summed E-state index contributed by atoms with van der Waals surface area (Å²) in [6.07, 6.45) is -1.98. The number of esters is 6. The van der Waals surface area contributed by atoms with Gasteiger partial charge >= 0.3 is 35.8 Å². The largest absolute Gasteiger partial charge is 0.422 e. The number of pyridine rings is 1. The summed E-state index contributed by atoms with van der Waals surface area (Å²) >= 11 is 0. The van der Waals surface area contributed by atoms with Crippen molar-refractivity contribution in [2.45, 2.75) is 38.5 Å². The van der Waals surface area contributed by atoms with E-state index in [4.69, 9.17) is 28.4 Å². The molecular formula is C21H13NO12. The molecule has 4 heterocycles. The number of benzene rings is 1. The molecule has 0 fully saturated rings. The predicted octanol–water partition coefficient (Wildman–Crippen LogP) is 1.05. The Labute approximate surface area is 188 Å². The van der Waals surface area contributed by atoms with E-state index in [1.807, 2.05) is 0 Å². The van der Waals surface area contributed by atoms with Crippen molar-refractivity contribution in [2.24, 2.45) is 0 Å². The van der Waals surface area contributed by atoms with E-state index in [1.54, 1.807) is 0 Å². The standard InChI is InChI=1S/C21H13NO12/c23-10-1-2-11(24)30-17-9(29-10)7-8-16-18(17)31-12(25)3-4-13(26)32-19(16)20-21(22-8)34-15(28)6-5-14(27)33-20/h7H,1-6H2. The minimum Gasteiger partial charge on any atom is -0.422 e. The van der Waals surface area contributed by atoms with Crippen LogP contribution >= 0.6 is 0 Å². The molecule has 0 unspecified atom stereocenters. The maximum Gasteiger partial charge on any atom is 0.313 e. The number of carbonyl (C=O) groups is 6. The summed E-state index contributed by atoms with van der Waals surface area (Å²) < 4.78 is 31.7. The molecule has 174 valence electrons. The Hall–Kier alpha value is -4.55. The molecule has 0 spiro atoms. The first kappa shape index (κ1) is 21.3. The van der Waals surface area contributed by atoms with Crippen molar-refractivity contribution >= 4 is 46.7 Å². The number of rotatable bonds is 0. The van der Waals surface area contributed by atoms with Gasteiger partial charge in [-0.1, -0.05) is 0 Å². The van der Waals surface area contributed by atoms with Crippen molar-refractivity contribution in [3.8, 4) is 34.6 Å². The third kappa shape index (κ3) is 3.87. The molecule has 13 heteroatoms. The van der Waals surface area contributed by atoms with Crippen molar-refractivity contribution in [2.75, 3.05) is 0 Å². The van der Waals surface area contributed by atoms with E-state index < -0.39 is 77.5 Å². The summed E-state index contributed by atoms with van der Waals surface area (Å²) in [5.74, 6) is -7.67. The van der Waals surface area contributed by atoms with Crippen LogP contribution in [0.5, 0.6) is 34.6 Å². The predicted molar refractivity (Wildman–Crippen MR) is 103 cm³/mol. The normalized spacial score (nSPS) is 18.5. The summed E-state index contributed by atoms with van der Waals surface area (Å²) in [6.45, 7) is 0.